The first kappa shape index (κ1) is 6.78. The van der Waals surface area contributed by atoms with Gasteiger partial charge in [-0.3, -0.25) is 0 Å². The molecule has 0 radical (unpaired) electrons. The normalized spacial score (nSPS) is 8.44. The zero-order valence-electron chi connectivity index (χ0n) is 4.97. The molecule has 0 fully saturated rings. The molecule has 1 rings (SSSR count). The molecule has 0 N–H and O–H groups in total. The van der Waals surface area contributed by atoms with Crippen molar-refractivity contribution >= 4 is 0 Å². The Morgan fingerprint density at radius 3 is 2.44 bits per heavy atom. The molecule has 0 nitrogen and oxygen atoms in total. The maximum absolute atomic E-state index is 3.14. The average molecular weight is 289 g/mol. The fraction of sp³-hybridized carbons (Fsp3) is 0.125. The Hall–Kier alpha value is -0.338. The van der Waals surface area contributed by atoms with E-state index in [9.17, 15) is 0 Å². The van der Waals surface area contributed by atoms with E-state index in [1.807, 2.05) is 6.07 Å². The third-order valence-electron chi connectivity index (χ3n) is 1.11. The molecule has 9 heavy (non-hydrogen) atoms. The molecule has 1 aromatic carbocycles. The summed E-state index contributed by atoms with van der Waals surface area (Å²) in [5.74, 6) is 0. The molecular weight excluding hydrogens is 282 g/mol. The number of benzene rings is 1. The molecule has 0 aliphatic rings. The molecule has 0 aliphatic heterocycles. The van der Waals surface area contributed by atoms with Crippen molar-refractivity contribution in [1.29, 1.82) is 0 Å². The van der Waals surface area contributed by atoms with Gasteiger partial charge in [-0.05, 0) is 0 Å². The minimum atomic E-state index is 0.984. The van der Waals surface area contributed by atoms with E-state index < -0.39 is 0 Å². The van der Waals surface area contributed by atoms with E-state index >= 15 is 0 Å². The zero-order chi connectivity index (χ0) is 6.53. The summed E-state index contributed by atoms with van der Waals surface area (Å²) in [6, 6.07) is 10.4. The van der Waals surface area contributed by atoms with Crippen LogP contribution in [0.15, 0.2) is 30.3 Å². The molecule has 0 unspecified atom stereocenters. The van der Waals surface area contributed by atoms with Gasteiger partial charge in [-0.15, -0.1) is 0 Å². The Bertz CT molecular complexity index is 208. The summed E-state index contributed by atoms with van der Waals surface area (Å²) in [5, 5.41) is 0. The molecule has 0 saturated heterocycles. The first-order valence-corrected chi connectivity index (χ1v) is 4.16. The van der Waals surface area contributed by atoms with Crippen LogP contribution in [0.4, 0.5) is 0 Å². The average Bonchev–Trinajstić information content (AvgIpc) is 1.91. The van der Waals surface area contributed by atoms with E-state index in [1.54, 1.807) is 18.5 Å². The van der Waals surface area contributed by atoms with E-state index in [0.29, 0.717) is 0 Å². The number of rotatable bonds is 1. The van der Waals surface area contributed by atoms with Gasteiger partial charge in [0.05, 0.1) is 0 Å². The van der Waals surface area contributed by atoms with Crippen LogP contribution in [0.1, 0.15) is 5.56 Å². The van der Waals surface area contributed by atoms with Gasteiger partial charge in [0.15, 0.2) is 0 Å². The van der Waals surface area contributed by atoms with Crippen LogP contribution >= 0.6 is 0 Å². The number of hydrogen-bond donors (Lipinski definition) is 0. The predicted molar refractivity (Wildman–Crippen MR) is 34.0 cm³/mol. The van der Waals surface area contributed by atoms with Gasteiger partial charge in [0, 0.05) is 0 Å². The topological polar surface area (TPSA) is 0 Å². The van der Waals surface area contributed by atoms with Crippen molar-refractivity contribution < 1.29 is 18.5 Å². The minimum absolute atomic E-state index is 0.984. The second-order valence-electron chi connectivity index (χ2n) is 1.80. The molecular formula is C8H7Re. The van der Waals surface area contributed by atoms with Crippen molar-refractivity contribution in [1.82, 2.24) is 0 Å². The third kappa shape index (κ3) is 2.16. The second kappa shape index (κ2) is 3.64. The summed E-state index contributed by atoms with van der Waals surface area (Å²) < 4.78 is 3.14. The van der Waals surface area contributed by atoms with E-state index in [0.717, 1.165) is 6.42 Å². The summed E-state index contributed by atoms with van der Waals surface area (Å²) in [4.78, 5) is 0. The fourth-order valence-corrected chi connectivity index (χ4v) is 1.23. The third-order valence-corrected chi connectivity index (χ3v) is 1.59. The van der Waals surface area contributed by atoms with Crippen LogP contribution in [0.3, 0.4) is 0 Å². The van der Waals surface area contributed by atoms with E-state index in [2.05, 4.69) is 28.6 Å². The summed E-state index contributed by atoms with van der Waals surface area (Å²) >= 11 is 1.60. The Labute approximate surface area is 65.4 Å². The van der Waals surface area contributed by atoms with Crippen LogP contribution in [0.5, 0.6) is 0 Å². The van der Waals surface area contributed by atoms with Crippen LogP contribution in [-0.2, 0) is 25.0 Å². The van der Waals surface area contributed by atoms with Crippen molar-refractivity contribution in [3.8, 4) is 4.29 Å². The molecule has 0 aromatic heterocycles. The maximum atomic E-state index is 3.14. The molecule has 0 spiro atoms. The summed E-state index contributed by atoms with van der Waals surface area (Å²) in [7, 11) is 0. The SMILES string of the molecule is [Re]#[C]Cc1ccccc1. The van der Waals surface area contributed by atoms with Crippen LogP contribution in [0.2, 0.25) is 0 Å². The van der Waals surface area contributed by atoms with Crippen molar-refractivity contribution in [2.75, 3.05) is 0 Å². The van der Waals surface area contributed by atoms with Crippen molar-refractivity contribution in [3.63, 3.8) is 0 Å². The van der Waals surface area contributed by atoms with E-state index in [1.165, 1.54) is 5.56 Å². The van der Waals surface area contributed by atoms with Crippen molar-refractivity contribution in [2.24, 2.45) is 0 Å². The first-order valence-electron chi connectivity index (χ1n) is 2.81. The molecule has 0 bridgehead atoms. The first-order chi connectivity index (χ1) is 4.43. The molecule has 0 aliphatic carbocycles. The molecule has 1 heteroatoms. The van der Waals surface area contributed by atoms with Gasteiger partial charge in [0.2, 0.25) is 0 Å². The van der Waals surface area contributed by atoms with E-state index in [4.69, 9.17) is 0 Å². The summed E-state index contributed by atoms with van der Waals surface area (Å²) in [6.07, 6.45) is 0.984. The van der Waals surface area contributed by atoms with Gasteiger partial charge in [-0.1, -0.05) is 0 Å². The monoisotopic (exact) mass is 290 g/mol. The zero-order valence-corrected chi connectivity index (χ0v) is 7.69. The quantitative estimate of drug-likeness (QED) is 0.739. The molecule has 0 heterocycles. The Morgan fingerprint density at radius 1 is 1.22 bits per heavy atom. The molecule has 1 aromatic rings. The fourth-order valence-electron chi connectivity index (χ4n) is 0.673. The van der Waals surface area contributed by atoms with Crippen LogP contribution < -0.4 is 0 Å². The number of hydrogen-bond acceptors (Lipinski definition) is 0. The molecule has 0 amide bonds. The van der Waals surface area contributed by atoms with Gasteiger partial charge in [-0.2, -0.15) is 0 Å². The second-order valence-corrected chi connectivity index (χ2v) is 2.76. The molecule has 0 saturated carbocycles. The van der Waals surface area contributed by atoms with Crippen LogP contribution in [0.25, 0.3) is 0 Å². The van der Waals surface area contributed by atoms with Crippen LogP contribution in [-0.4, -0.2) is 0 Å². The Kier molecular flexibility index (Phi) is 2.74. The summed E-state index contributed by atoms with van der Waals surface area (Å²) in [6.45, 7) is 0. The molecule has 46 valence electrons. The van der Waals surface area contributed by atoms with Crippen molar-refractivity contribution in [3.05, 3.63) is 35.9 Å². The van der Waals surface area contributed by atoms with Gasteiger partial charge in [0.25, 0.3) is 0 Å². The standard InChI is InChI=1S/C8H7.Re/c1-2-8-6-4-3-5-7-8;/h3-7H,2H2;. The molecule has 0 atom stereocenters. The Balaban J connectivity index is 2.76. The predicted octanol–water partition coefficient (Wildman–Crippen LogP) is 1.74. The van der Waals surface area contributed by atoms with E-state index in [-0.39, 0.29) is 0 Å². The van der Waals surface area contributed by atoms with Crippen LogP contribution in [0, 0.1) is 4.29 Å². The summed E-state index contributed by atoms with van der Waals surface area (Å²) in [5.41, 5.74) is 1.35. The van der Waals surface area contributed by atoms with Gasteiger partial charge in [0.1, 0.15) is 0 Å². The van der Waals surface area contributed by atoms with Crippen molar-refractivity contribution in [2.45, 2.75) is 6.42 Å². The van der Waals surface area contributed by atoms with Gasteiger partial charge >= 0.3 is 65.2 Å². The van der Waals surface area contributed by atoms with Gasteiger partial charge in [-0.25, -0.2) is 0 Å². The Morgan fingerprint density at radius 2 is 1.89 bits per heavy atom. The van der Waals surface area contributed by atoms with Gasteiger partial charge < -0.3 is 0 Å².